The highest BCUT2D eigenvalue weighted by molar-refractivity contribution is 7.80. The van der Waals surface area contributed by atoms with E-state index in [0.29, 0.717) is 22.9 Å². The van der Waals surface area contributed by atoms with Gasteiger partial charge >= 0.3 is 0 Å². The van der Waals surface area contributed by atoms with Gasteiger partial charge in [0.05, 0.1) is 10.4 Å². The van der Waals surface area contributed by atoms with Crippen molar-refractivity contribution in [3.63, 3.8) is 0 Å². The van der Waals surface area contributed by atoms with E-state index in [-0.39, 0.29) is 5.91 Å². The van der Waals surface area contributed by atoms with Gasteiger partial charge in [0.1, 0.15) is 0 Å². The van der Waals surface area contributed by atoms with Crippen LogP contribution >= 0.6 is 12.2 Å². The maximum atomic E-state index is 12.8. The molecule has 2 atom stereocenters. The van der Waals surface area contributed by atoms with Gasteiger partial charge in [-0.15, -0.1) is 0 Å². The van der Waals surface area contributed by atoms with Crippen molar-refractivity contribution in [3.05, 3.63) is 0 Å². The summed E-state index contributed by atoms with van der Waals surface area (Å²) < 4.78 is 0. The van der Waals surface area contributed by atoms with Crippen LogP contribution in [0.4, 0.5) is 0 Å². The molecule has 0 aliphatic heterocycles. The van der Waals surface area contributed by atoms with E-state index in [9.17, 15) is 4.79 Å². The fourth-order valence-corrected chi connectivity index (χ4v) is 4.30. The number of nitrogens with two attached hydrogens (primary N) is 1. The Balaban J connectivity index is 2.07. The van der Waals surface area contributed by atoms with Crippen LogP contribution in [0.25, 0.3) is 0 Å². The largest absolute Gasteiger partial charge is 0.392 e. The van der Waals surface area contributed by atoms with Crippen LogP contribution in [0.1, 0.15) is 65.2 Å². The number of rotatable bonds is 4. The van der Waals surface area contributed by atoms with Crippen molar-refractivity contribution in [2.75, 3.05) is 0 Å². The average Bonchev–Trinajstić information content (AvgIpc) is 2.89. The topological polar surface area (TPSA) is 55.1 Å². The fourth-order valence-electron chi connectivity index (χ4n) is 4.01. The zero-order chi connectivity index (χ0) is 14.8. The van der Waals surface area contributed by atoms with E-state index in [2.05, 4.69) is 19.2 Å². The Kier molecular flexibility index (Phi) is 5.05. The van der Waals surface area contributed by atoms with E-state index < -0.39 is 5.41 Å². The first kappa shape index (κ1) is 15.7. The van der Waals surface area contributed by atoms with Crippen LogP contribution in [0, 0.1) is 17.3 Å². The summed E-state index contributed by atoms with van der Waals surface area (Å²) in [5, 5.41) is 3.31. The fraction of sp³-hybridized carbons (Fsp3) is 0.875. The smallest absolute Gasteiger partial charge is 0.233 e. The van der Waals surface area contributed by atoms with Crippen LogP contribution in [0.3, 0.4) is 0 Å². The van der Waals surface area contributed by atoms with Gasteiger partial charge in [0.2, 0.25) is 5.91 Å². The van der Waals surface area contributed by atoms with Crippen LogP contribution in [0.5, 0.6) is 0 Å². The Bertz CT molecular complexity index is 375. The third kappa shape index (κ3) is 3.00. The number of carbonyl (C=O) groups excluding carboxylic acids is 1. The van der Waals surface area contributed by atoms with Crippen LogP contribution in [0.2, 0.25) is 0 Å². The van der Waals surface area contributed by atoms with Crippen molar-refractivity contribution in [2.45, 2.75) is 71.3 Å². The first-order chi connectivity index (χ1) is 9.47. The molecule has 4 heteroatoms. The summed E-state index contributed by atoms with van der Waals surface area (Å²) in [5.41, 5.74) is 5.34. The van der Waals surface area contributed by atoms with Crippen molar-refractivity contribution < 1.29 is 4.79 Å². The predicted molar refractivity (Wildman–Crippen MR) is 86.4 cm³/mol. The monoisotopic (exact) mass is 296 g/mol. The van der Waals surface area contributed by atoms with Crippen molar-refractivity contribution >= 4 is 23.1 Å². The minimum absolute atomic E-state index is 0.0973. The van der Waals surface area contributed by atoms with Crippen LogP contribution in [0.15, 0.2) is 0 Å². The number of hydrogen-bond acceptors (Lipinski definition) is 2. The van der Waals surface area contributed by atoms with Crippen molar-refractivity contribution in [1.82, 2.24) is 5.32 Å². The molecule has 0 bridgehead atoms. The van der Waals surface area contributed by atoms with Crippen molar-refractivity contribution in [1.29, 1.82) is 0 Å². The summed E-state index contributed by atoms with van der Waals surface area (Å²) >= 11 is 5.21. The zero-order valence-electron chi connectivity index (χ0n) is 12.8. The zero-order valence-corrected chi connectivity index (χ0v) is 13.6. The van der Waals surface area contributed by atoms with Crippen molar-refractivity contribution in [2.24, 2.45) is 23.0 Å². The molecule has 2 fully saturated rings. The van der Waals surface area contributed by atoms with Gasteiger partial charge in [-0.2, -0.15) is 0 Å². The molecule has 0 radical (unpaired) electrons. The van der Waals surface area contributed by atoms with Gasteiger partial charge in [0.25, 0.3) is 0 Å². The molecule has 3 nitrogen and oxygen atoms in total. The van der Waals surface area contributed by atoms with Gasteiger partial charge in [-0.3, -0.25) is 4.79 Å². The number of hydrogen-bond donors (Lipinski definition) is 2. The van der Waals surface area contributed by atoms with Gasteiger partial charge in [-0.1, -0.05) is 51.7 Å². The van der Waals surface area contributed by atoms with E-state index in [4.69, 9.17) is 18.0 Å². The quantitative estimate of drug-likeness (QED) is 0.784. The van der Waals surface area contributed by atoms with Gasteiger partial charge in [-0.25, -0.2) is 0 Å². The lowest BCUT2D eigenvalue weighted by atomic mass is 9.76. The Labute approximate surface area is 128 Å². The number of nitrogens with one attached hydrogen (secondary N) is 1. The summed E-state index contributed by atoms with van der Waals surface area (Å²) in [5.74, 6) is 1.31. The molecule has 0 heterocycles. The van der Waals surface area contributed by atoms with E-state index >= 15 is 0 Å². The molecule has 0 saturated heterocycles. The minimum atomic E-state index is -0.561. The highest BCUT2D eigenvalue weighted by Crippen LogP contribution is 2.39. The highest BCUT2D eigenvalue weighted by atomic mass is 32.1. The molecule has 0 aromatic rings. The van der Waals surface area contributed by atoms with E-state index in [1.807, 2.05) is 0 Å². The molecule has 2 aliphatic carbocycles. The number of amides is 1. The first-order valence-electron chi connectivity index (χ1n) is 8.08. The van der Waals surface area contributed by atoms with Crippen molar-refractivity contribution in [3.8, 4) is 0 Å². The van der Waals surface area contributed by atoms with Crippen LogP contribution < -0.4 is 11.1 Å². The van der Waals surface area contributed by atoms with E-state index in [0.717, 1.165) is 32.1 Å². The van der Waals surface area contributed by atoms with Gasteiger partial charge in [-0.05, 0) is 37.5 Å². The highest BCUT2D eigenvalue weighted by Gasteiger charge is 2.45. The standard InChI is InChI=1S/C16H28N2OS/c1-11(2)12-7-3-4-8-13(12)18-15(19)16(14(17)20)9-5-6-10-16/h11-13H,3-10H2,1-2H3,(H2,17,20)(H,18,19). The SMILES string of the molecule is CC(C)C1CCCCC1NC(=O)C1(C(N)=S)CCCC1. The Morgan fingerprint density at radius 3 is 2.35 bits per heavy atom. The van der Waals surface area contributed by atoms with Gasteiger partial charge < -0.3 is 11.1 Å². The Morgan fingerprint density at radius 1 is 1.20 bits per heavy atom. The molecule has 2 aliphatic rings. The minimum Gasteiger partial charge on any atom is -0.392 e. The Morgan fingerprint density at radius 2 is 1.80 bits per heavy atom. The Hall–Kier alpha value is -0.640. The third-order valence-corrected chi connectivity index (χ3v) is 5.75. The lowest BCUT2D eigenvalue weighted by Crippen LogP contribution is -2.53. The summed E-state index contributed by atoms with van der Waals surface area (Å²) in [7, 11) is 0. The van der Waals surface area contributed by atoms with Gasteiger partial charge in [0, 0.05) is 6.04 Å². The molecule has 3 N–H and O–H groups in total. The normalized spacial score (nSPS) is 29.4. The first-order valence-corrected chi connectivity index (χ1v) is 8.49. The number of thiocarbonyl (C=S) groups is 1. The molecule has 2 unspecified atom stereocenters. The van der Waals surface area contributed by atoms with Gasteiger partial charge in [0.15, 0.2) is 0 Å². The molecule has 0 aromatic heterocycles. The third-order valence-electron chi connectivity index (χ3n) is 5.36. The average molecular weight is 296 g/mol. The van der Waals surface area contributed by atoms with Crippen LogP contribution in [-0.4, -0.2) is 16.9 Å². The lowest BCUT2D eigenvalue weighted by molar-refractivity contribution is -0.128. The predicted octanol–water partition coefficient (Wildman–Crippen LogP) is 3.16. The number of carbonyl (C=O) groups is 1. The van der Waals surface area contributed by atoms with Crippen LogP contribution in [-0.2, 0) is 4.79 Å². The van der Waals surface area contributed by atoms with E-state index in [1.54, 1.807) is 0 Å². The molecule has 114 valence electrons. The summed E-state index contributed by atoms with van der Waals surface area (Å²) in [6.45, 7) is 4.52. The summed E-state index contributed by atoms with van der Waals surface area (Å²) in [6, 6.07) is 0.308. The summed E-state index contributed by atoms with van der Waals surface area (Å²) in [6.07, 6.45) is 8.60. The summed E-state index contributed by atoms with van der Waals surface area (Å²) in [4.78, 5) is 13.2. The van der Waals surface area contributed by atoms with E-state index in [1.165, 1.54) is 19.3 Å². The molecular weight excluding hydrogens is 268 g/mol. The molecule has 0 aromatic carbocycles. The molecule has 20 heavy (non-hydrogen) atoms. The molecule has 0 spiro atoms. The second kappa shape index (κ2) is 6.42. The second-order valence-electron chi connectivity index (χ2n) is 6.93. The molecule has 1 amide bonds. The molecule has 2 rings (SSSR count). The second-order valence-corrected chi connectivity index (χ2v) is 7.37. The maximum absolute atomic E-state index is 12.8. The molecule has 2 saturated carbocycles. The molecular formula is C16H28N2OS. The lowest BCUT2D eigenvalue weighted by Gasteiger charge is -2.37. The maximum Gasteiger partial charge on any atom is 0.233 e.